The Balaban J connectivity index is 1.34. The largest absolute Gasteiger partial charge is 0.289 e. The molecular formula is C50H49N2O5. The van der Waals surface area contributed by atoms with Crippen LogP contribution in [0.2, 0.25) is 0 Å². The van der Waals surface area contributed by atoms with Gasteiger partial charge in [-0.05, 0) is 116 Å². The van der Waals surface area contributed by atoms with Crippen molar-refractivity contribution in [3.05, 3.63) is 88.0 Å². The highest BCUT2D eigenvalue weighted by Gasteiger charge is 2.42. The lowest BCUT2D eigenvalue weighted by atomic mass is 9.76. The van der Waals surface area contributed by atoms with Gasteiger partial charge in [0.15, 0.2) is 5.75 Å². The number of hydrogen-bond acceptors (Lipinski definition) is 4. The van der Waals surface area contributed by atoms with Crippen LogP contribution >= 0.6 is 0 Å². The van der Waals surface area contributed by atoms with E-state index in [4.69, 9.17) is 0 Å². The van der Waals surface area contributed by atoms with Gasteiger partial charge in [0.2, 0.25) is 0 Å². The van der Waals surface area contributed by atoms with Gasteiger partial charge in [-0.2, -0.15) is 0 Å². The van der Waals surface area contributed by atoms with Gasteiger partial charge in [-0.25, -0.2) is 0 Å². The van der Waals surface area contributed by atoms with Gasteiger partial charge in [-0.3, -0.25) is 34.1 Å². The van der Waals surface area contributed by atoms with Crippen LogP contribution in [0.1, 0.15) is 158 Å². The molecule has 6 aromatic carbocycles. The van der Waals surface area contributed by atoms with Crippen LogP contribution in [0.15, 0.2) is 54.6 Å². The standard InChI is InChI=1S/C50H49N2O5/c1-49(2,3)37-23-26(24-38(44(37)53)50(4,5)6)35-25-36-42-34(47(56)52(48(36)57)28-15-11-8-12-16-28)21-18-30-29-17-20-32-41-33(22-19-31(39(29)41)40(35)43(30)42)46(55)51(45(32)54)27-13-9-7-10-14-27/h17-25,27-28H,7-16H2,1-6H3. The highest BCUT2D eigenvalue weighted by Crippen LogP contribution is 2.52. The Morgan fingerprint density at radius 3 is 1.30 bits per heavy atom. The van der Waals surface area contributed by atoms with E-state index in [2.05, 4.69) is 41.5 Å². The average molecular weight is 758 g/mol. The molecule has 1 radical (unpaired) electrons. The zero-order valence-corrected chi connectivity index (χ0v) is 33.9. The van der Waals surface area contributed by atoms with Crippen molar-refractivity contribution in [2.75, 3.05) is 0 Å². The van der Waals surface area contributed by atoms with Gasteiger partial charge in [-0.1, -0.05) is 98.3 Å². The summed E-state index contributed by atoms with van der Waals surface area (Å²) >= 11 is 0. The van der Waals surface area contributed by atoms with Crippen LogP contribution in [0.5, 0.6) is 5.75 Å². The quantitative estimate of drug-likeness (QED) is 0.102. The van der Waals surface area contributed by atoms with Gasteiger partial charge in [0.1, 0.15) is 0 Å². The number of amides is 4. The van der Waals surface area contributed by atoms with Crippen molar-refractivity contribution in [3.8, 4) is 16.9 Å². The fraction of sp³-hybridized carbons (Fsp3) is 0.400. The molecule has 0 atom stereocenters. The second kappa shape index (κ2) is 12.3. The van der Waals surface area contributed by atoms with Crippen LogP contribution in [0.3, 0.4) is 0 Å². The molecule has 289 valence electrons. The normalized spacial score (nSPS) is 18.7. The molecule has 2 fully saturated rings. The highest BCUT2D eigenvalue weighted by atomic mass is 16.3. The van der Waals surface area contributed by atoms with Crippen molar-refractivity contribution in [1.29, 1.82) is 0 Å². The molecular weight excluding hydrogens is 709 g/mol. The van der Waals surface area contributed by atoms with E-state index in [-0.39, 0.29) is 41.5 Å². The van der Waals surface area contributed by atoms with Crippen LogP contribution in [0.4, 0.5) is 0 Å². The van der Waals surface area contributed by atoms with Crippen LogP contribution in [0, 0.1) is 0 Å². The summed E-state index contributed by atoms with van der Waals surface area (Å²) in [6.07, 6.45) is 9.40. The third-order valence-corrected chi connectivity index (χ3v) is 13.7. The van der Waals surface area contributed by atoms with E-state index in [0.717, 1.165) is 108 Å². The smallest absolute Gasteiger partial charge is 0.261 e. The molecule has 4 aliphatic rings. The molecule has 7 nitrogen and oxygen atoms in total. The minimum absolute atomic E-state index is 0.0195. The third-order valence-electron chi connectivity index (χ3n) is 13.7. The minimum Gasteiger partial charge on any atom is -0.289 e. The van der Waals surface area contributed by atoms with Gasteiger partial charge in [-0.15, -0.1) is 0 Å². The molecule has 2 saturated carbocycles. The summed E-state index contributed by atoms with van der Waals surface area (Å²) in [7, 11) is 0. The van der Waals surface area contributed by atoms with Gasteiger partial charge in [0, 0.05) is 56.2 Å². The lowest BCUT2D eigenvalue weighted by molar-refractivity contribution is 0.0487. The molecule has 2 aliphatic heterocycles. The summed E-state index contributed by atoms with van der Waals surface area (Å²) in [5, 5.41) is 20.6. The maximum absolute atomic E-state index is 14.9. The van der Waals surface area contributed by atoms with Gasteiger partial charge >= 0.3 is 0 Å². The fourth-order valence-corrected chi connectivity index (χ4v) is 10.9. The topological polar surface area (TPSA) is 94.7 Å². The lowest BCUT2D eigenvalue weighted by Crippen LogP contribution is -2.47. The summed E-state index contributed by atoms with van der Waals surface area (Å²) in [5.74, 6) is -0.985. The Bertz CT molecular complexity index is 2710. The first-order valence-electron chi connectivity index (χ1n) is 21.0. The Kier molecular flexibility index (Phi) is 7.81. The summed E-state index contributed by atoms with van der Waals surface area (Å²) in [6.45, 7) is 12.3. The van der Waals surface area contributed by atoms with E-state index >= 15 is 0 Å². The second-order valence-electron chi connectivity index (χ2n) is 19.3. The number of carbonyl (C=O) groups is 4. The number of fused-ring (bicyclic) bond motifs is 2. The molecule has 0 unspecified atom stereocenters. The van der Waals surface area contributed by atoms with Gasteiger partial charge in [0.05, 0.1) is 0 Å². The van der Waals surface area contributed by atoms with Gasteiger partial charge in [0.25, 0.3) is 23.6 Å². The number of hydrogen-bond donors (Lipinski definition) is 0. The molecule has 0 spiro atoms. The monoisotopic (exact) mass is 757 g/mol. The predicted octanol–water partition coefficient (Wildman–Crippen LogP) is 12.0. The molecule has 4 amide bonds. The number of benzene rings is 6. The highest BCUT2D eigenvalue weighted by molar-refractivity contribution is 6.43. The Hall–Kier alpha value is -5.30. The van der Waals surface area contributed by atoms with Crippen molar-refractivity contribution in [3.63, 3.8) is 0 Å². The van der Waals surface area contributed by atoms with E-state index < -0.39 is 10.8 Å². The second-order valence-corrected chi connectivity index (χ2v) is 19.3. The van der Waals surface area contributed by atoms with E-state index in [1.165, 1.54) is 9.80 Å². The molecule has 6 aromatic rings. The summed E-state index contributed by atoms with van der Waals surface area (Å²) in [5.41, 5.74) is 4.14. The zero-order chi connectivity index (χ0) is 39.9. The number of rotatable bonds is 3. The fourth-order valence-electron chi connectivity index (χ4n) is 10.9. The van der Waals surface area contributed by atoms with Crippen molar-refractivity contribution in [1.82, 2.24) is 9.80 Å². The molecule has 10 rings (SSSR count). The molecule has 2 heterocycles. The first-order chi connectivity index (χ1) is 27.2. The molecule has 7 heteroatoms. The first kappa shape index (κ1) is 36.1. The van der Waals surface area contributed by atoms with Crippen LogP contribution in [-0.2, 0) is 15.9 Å². The molecule has 0 saturated heterocycles. The van der Waals surface area contributed by atoms with E-state index in [1.807, 2.05) is 54.6 Å². The van der Waals surface area contributed by atoms with E-state index in [1.54, 1.807) is 0 Å². The van der Waals surface area contributed by atoms with E-state index in [0.29, 0.717) is 44.2 Å². The van der Waals surface area contributed by atoms with Crippen molar-refractivity contribution < 1.29 is 24.3 Å². The van der Waals surface area contributed by atoms with Crippen LogP contribution in [-0.4, -0.2) is 45.5 Å². The van der Waals surface area contributed by atoms with E-state index in [9.17, 15) is 24.3 Å². The zero-order valence-electron chi connectivity index (χ0n) is 33.9. The van der Waals surface area contributed by atoms with Crippen LogP contribution in [0.25, 0.3) is 54.2 Å². The van der Waals surface area contributed by atoms with Crippen molar-refractivity contribution in [2.45, 2.75) is 129 Å². The predicted molar refractivity (Wildman–Crippen MR) is 225 cm³/mol. The number of carbonyl (C=O) groups excluding carboxylic acids is 4. The maximum Gasteiger partial charge on any atom is 0.261 e. The molecule has 0 N–H and O–H groups in total. The first-order valence-corrected chi connectivity index (χ1v) is 21.0. The lowest BCUT2D eigenvalue weighted by Gasteiger charge is -2.37. The maximum atomic E-state index is 14.9. The number of imide groups is 2. The molecule has 0 aromatic heterocycles. The SMILES string of the molecule is CC(C)(C)c1cc(-c2cc3c4c(ccc5c6ccc7c8c(ccc(c2c45)c86)C(=O)N(C2CCCCC2)C7=O)C(=O)N(C2CCCCC2)C3=O)cc(C(C)(C)C)c1[O]. The summed E-state index contributed by atoms with van der Waals surface area (Å²) in [4.78, 5) is 61.4. The summed E-state index contributed by atoms with van der Waals surface area (Å²) in [6, 6.07) is 17.3. The Morgan fingerprint density at radius 2 is 0.842 bits per heavy atom. The Labute approximate surface area is 333 Å². The Morgan fingerprint density at radius 1 is 0.439 bits per heavy atom. The molecule has 57 heavy (non-hydrogen) atoms. The van der Waals surface area contributed by atoms with Crippen LogP contribution < -0.4 is 0 Å². The number of nitrogens with zero attached hydrogens (tertiary/aromatic N) is 2. The van der Waals surface area contributed by atoms with Gasteiger partial charge < -0.3 is 0 Å². The van der Waals surface area contributed by atoms with Crippen molar-refractivity contribution >= 4 is 66.7 Å². The molecule has 2 aliphatic carbocycles. The molecule has 0 bridgehead atoms. The minimum atomic E-state index is -0.466. The van der Waals surface area contributed by atoms with Crippen molar-refractivity contribution in [2.24, 2.45) is 0 Å². The average Bonchev–Trinajstić information content (AvgIpc) is 3.18. The third kappa shape index (κ3) is 5.09. The summed E-state index contributed by atoms with van der Waals surface area (Å²) < 4.78 is 0.